The van der Waals surface area contributed by atoms with Crippen molar-refractivity contribution >= 4 is 15.9 Å². The molecule has 0 aliphatic carbocycles. The van der Waals surface area contributed by atoms with Crippen LogP contribution >= 0.6 is 0 Å². The molecule has 1 heterocycles. The summed E-state index contributed by atoms with van der Waals surface area (Å²) >= 11 is 0. The zero-order chi connectivity index (χ0) is 25.1. The molecule has 192 valence electrons. The summed E-state index contributed by atoms with van der Waals surface area (Å²) in [6, 6.07) is 18.8. The number of hydrogen-bond donors (Lipinski definition) is 1. The SMILES string of the molecule is CCCCCNC(=O)C1CCN(CC[C@@H](CN(C)S(=O)(=O)c2ccccc2)c2ccccc2)CC1. The van der Waals surface area contributed by atoms with Gasteiger partial charge in [0.05, 0.1) is 4.90 Å². The van der Waals surface area contributed by atoms with Gasteiger partial charge in [-0.05, 0) is 68.9 Å². The standard InChI is InChI=1S/C28H41N3O3S/c1-3-4-11-19-29-28(32)25-16-20-31(21-17-25)22-18-26(24-12-7-5-8-13-24)23-30(2)35(33,34)27-14-9-6-10-15-27/h5-10,12-15,25-26H,3-4,11,16-23H2,1-2H3,(H,29,32)/t26-/m0/s1. The second-order valence-electron chi connectivity index (χ2n) is 9.61. The van der Waals surface area contributed by atoms with Crippen molar-refractivity contribution in [2.45, 2.75) is 56.3 Å². The second kappa shape index (κ2) is 13.8. The third-order valence-corrected chi connectivity index (χ3v) is 8.87. The van der Waals surface area contributed by atoms with Crippen LogP contribution in [0.15, 0.2) is 65.6 Å². The van der Waals surface area contributed by atoms with Gasteiger partial charge in [-0.15, -0.1) is 0 Å². The van der Waals surface area contributed by atoms with Gasteiger partial charge >= 0.3 is 0 Å². The minimum absolute atomic E-state index is 0.0966. The Morgan fingerprint density at radius 1 is 1.03 bits per heavy atom. The molecule has 3 rings (SSSR count). The second-order valence-corrected chi connectivity index (χ2v) is 11.7. The average molecular weight is 500 g/mol. The largest absolute Gasteiger partial charge is 0.356 e. The van der Waals surface area contributed by atoms with Crippen molar-refractivity contribution in [3.05, 3.63) is 66.2 Å². The normalized spacial score (nSPS) is 16.3. The smallest absolute Gasteiger partial charge is 0.242 e. The van der Waals surface area contributed by atoms with E-state index >= 15 is 0 Å². The summed E-state index contributed by atoms with van der Waals surface area (Å²) in [5, 5.41) is 3.10. The van der Waals surface area contributed by atoms with Crippen LogP contribution in [0.1, 0.15) is 56.9 Å². The van der Waals surface area contributed by atoms with E-state index in [0.717, 1.165) is 70.3 Å². The van der Waals surface area contributed by atoms with Crippen LogP contribution in [-0.2, 0) is 14.8 Å². The lowest BCUT2D eigenvalue weighted by molar-refractivity contribution is -0.126. The maximum absolute atomic E-state index is 13.1. The number of unbranched alkanes of at least 4 members (excludes halogenated alkanes) is 2. The third kappa shape index (κ3) is 8.16. The predicted octanol–water partition coefficient (Wildman–Crippen LogP) is 4.50. The zero-order valence-electron chi connectivity index (χ0n) is 21.2. The van der Waals surface area contributed by atoms with Crippen molar-refractivity contribution in [3.8, 4) is 0 Å². The Labute approximate surface area is 211 Å². The van der Waals surface area contributed by atoms with Crippen LogP contribution in [0.5, 0.6) is 0 Å². The molecule has 1 saturated heterocycles. The van der Waals surface area contributed by atoms with E-state index in [-0.39, 0.29) is 17.7 Å². The fraction of sp³-hybridized carbons (Fsp3) is 0.536. The highest BCUT2D eigenvalue weighted by Crippen LogP contribution is 2.25. The lowest BCUT2D eigenvalue weighted by atomic mass is 9.93. The summed E-state index contributed by atoms with van der Waals surface area (Å²) in [4.78, 5) is 15.2. The van der Waals surface area contributed by atoms with Crippen molar-refractivity contribution in [3.63, 3.8) is 0 Å². The number of likely N-dealkylation sites (N-methyl/N-ethyl adjacent to an activating group) is 1. The first kappa shape index (κ1) is 27.4. The molecular formula is C28H41N3O3S. The van der Waals surface area contributed by atoms with E-state index in [0.29, 0.717) is 11.4 Å². The van der Waals surface area contributed by atoms with E-state index in [9.17, 15) is 13.2 Å². The number of amides is 1. The van der Waals surface area contributed by atoms with Crippen LogP contribution in [0.2, 0.25) is 0 Å². The number of piperidine rings is 1. The van der Waals surface area contributed by atoms with Crippen LogP contribution in [0, 0.1) is 5.92 Å². The molecular weight excluding hydrogens is 458 g/mol. The molecule has 2 aromatic carbocycles. The highest BCUT2D eigenvalue weighted by Gasteiger charge is 2.27. The number of sulfonamides is 1. The number of rotatable bonds is 13. The van der Waals surface area contributed by atoms with Gasteiger partial charge in [0.1, 0.15) is 0 Å². The molecule has 2 aromatic rings. The predicted molar refractivity (Wildman–Crippen MR) is 142 cm³/mol. The molecule has 0 saturated carbocycles. The van der Waals surface area contributed by atoms with Crippen LogP contribution in [0.3, 0.4) is 0 Å². The van der Waals surface area contributed by atoms with E-state index in [1.54, 1.807) is 31.3 Å². The minimum atomic E-state index is -3.54. The molecule has 6 nitrogen and oxygen atoms in total. The van der Waals surface area contributed by atoms with E-state index in [2.05, 4.69) is 29.3 Å². The Hall–Kier alpha value is -2.22. The highest BCUT2D eigenvalue weighted by atomic mass is 32.2. The third-order valence-electron chi connectivity index (χ3n) is 7.03. The van der Waals surface area contributed by atoms with Gasteiger partial charge < -0.3 is 10.2 Å². The number of carbonyl (C=O) groups excluding carboxylic acids is 1. The molecule has 0 bridgehead atoms. The zero-order valence-corrected chi connectivity index (χ0v) is 22.1. The number of nitrogens with zero attached hydrogens (tertiary/aromatic N) is 2. The lowest BCUT2D eigenvalue weighted by Crippen LogP contribution is -2.41. The quantitative estimate of drug-likeness (QED) is 0.412. The molecule has 0 radical (unpaired) electrons. The monoisotopic (exact) mass is 499 g/mol. The van der Waals surface area contributed by atoms with Gasteiger partial charge in [-0.25, -0.2) is 12.7 Å². The van der Waals surface area contributed by atoms with Crippen LogP contribution < -0.4 is 5.32 Å². The summed E-state index contributed by atoms with van der Waals surface area (Å²) in [5.74, 6) is 0.412. The van der Waals surface area contributed by atoms with Gasteiger partial charge in [0.15, 0.2) is 0 Å². The Morgan fingerprint density at radius 3 is 2.29 bits per heavy atom. The molecule has 0 unspecified atom stereocenters. The number of nitrogens with one attached hydrogen (secondary N) is 1. The number of hydrogen-bond acceptors (Lipinski definition) is 4. The Bertz CT molecular complexity index is 991. The maximum atomic E-state index is 13.1. The van der Waals surface area contributed by atoms with Crippen molar-refractivity contribution in [1.29, 1.82) is 0 Å². The number of carbonyl (C=O) groups is 1. The van der Waals surface area contributed by atoms with Gasteiger partial charge in [-0.2, -0.15) is 0 Å². The first-order chi connectivity index (χ1) is 16.9. The Morgan fingerprint density at radius 2 is 1.66 bits per heavy atom. The lowest BCUT2D eigenvalue weighted by Gasteiger charge is -2.33. The Balaban J connectivity index is 1.55. The molecule has 1 atom stereocenters. The highest BCUT2D eigenvalue weighted by molar-refractivity contribution is 7.89. The molecule has 1 amide bonds. The van der Waals surface area contributed by atoms with Crippen LogP contribution in [-0.4, -0.2) is 63.3 Å². The van der Waals surface area contributed by atoms with Gasteiger partial charge in [0, 0.05) is 26.1 Å². The van der Waals surface area contributed by atoms with Crippen molar-refractivity contribution < 1.29 is 13.2 Å². The molecule has 1 aliphatic rings. The fourth-order valence-electron chi connectivity index (χ4n) is 4.76. The van der Waals surface area contributed by atoms with E-state index in [1.807, 2.05) is 24.3 Å². The molecule has 7 heteroatoms. The molecule has 0 aromatic heterocycles. The maximum Gasteiger partial charge on any atom is 0.242 e. The average Bonchev–Trinajstić information content (AvgIpc) is 2.90. The first-order valence-corrected chi connectivity index (χ1v) is 14.4. The fourth-order valence-corrected chi connectivity index (χ4v) is 5.99. The summed E-state index contributed by atoms with van der Waals surface area (Å²) in [5.41, 5.74) is 1.16. The van der Waals surface area contributed by atoms with E-state index in [4.69, 9.17) is 0 Å². The summed E-state index contributed by atoms with van der Waals surface area (Å²) < 4.78 is 27.7. The summed E-state index contributed by atoms with van der Waals surface area (Å²) in [7, 11) is -1.87. The summed E-state index contributed by atoms with van der Waals surface area (Å²) in [6.45, 7) is 6.09. The minimum Gasteiger partial charge on any atom is -0.356 e. The number of likely N-dealkylation sites (tertiary alicyclic amines) is 1. The molecule has 0 spiro atoms. The van der Waals surface area contributed by atoms with Crippen LogP contribution in [0.4, 0.5) is 0 Å². The van der Waals surface area contributed by atoms with Gasteiger partial charge in [-0.1, -0.05) is 68.3 Å². The van der Waals surface area contributed by atoms with Crippen molar-refractivity contribution in [2.75, 3.05) is 39.8 Å². The van der Waals surface area contributed by atoms with E-state index < -0.39 is 10.0 Å². The molecule has 1 N–H and O–H groups in total. The molecule has 35 heavy (non-hydrogen) atoms. The topological polar surface area (TPSA) is 69.7 Å². The summed E-state index contributed by atoms with van der Waals surface area (Å²) in [6.07, 6.45) is 6.01. The van der Waals surface area contributed by atoms with Gasteiger partial charge in [0.2, 0.25) is 15.9 Å². The van der Waals surface area contributed by atoms with Crippen LogP contribution in [0.25, 0.3) is 0 Å². The van der Waals surface area contributed by atoms with Crippen molar-refractivity contribution in [1.82, 2.24) is 14.5 Å². The molecule has 1 aliphatic heterocycles. The number of benzene rings is 2. The van der Waals surface area contributed by atoms with Crippen molar-refractivity contribution in [2.24, 2.45) is 5.92 Å². The first-order valence-electron chi connectivity index (χ1n) is 13.0. The molecule has 1 fully saturated rings. The van der Waals surface area contributed by atoms with E-state index in [1.165, 1.54) is 4.31 Å². The Kier molecular flexibility index (Phi) is 10.8. The van der Waals surface area contributed by atoms with Gasteiger partial charge in [-0.3, -0.25) is 4.79 Å². The van der Waals surface area contributed by atoms with Gasteiger partial charge in [0.25, 0.3) is 0 Å².